The lowest BCUT2D eigenvalue weighted by molar-refractivity contribution is -0.142. The number of anilines is 2. The average Bonchev–Trinajstić information content (AvgIpc) is 3.03. The van der Waals surface area contributed by atoms with Crippen molar-refractivity contribution in [3.63, 3.8) is 0 Å². The summed E-state index contributed by atoms with van der Waals surface area (Å²) >= 11 is 0. The zero-order chi connectivity index (χ0) is 57.8. The largest absolute Gasteiger partial charge is 0.486 e. The van der Waals surface area contributed by atoms with E-state index in [0.29, 0.717) is 103 Å². The normalized spacial score (nSPS) is 19.2. The van der Waals surface area contributed by atoms with Crippen LogP contribution in [0.5, 0.6) is 11.8 Å². The number of aromatic amines is 1. The summed E-state index contributed by atoms with van der Waals surface area (Å²) in [5, 5.41) is 37.9. The fourth-order valence-electron chi connectivity index (χ4n) is 13.4. The van der Waals surface area contributed by atoms with Gasteiger partial charge in [-0.2, -0.15) is 25.3 Å². The van der Waals surface area contributed by atoms with Crippen LogP contribution in [-0.4, -0.2) is 133 Å². The maximum atomic E-state index is 14.8. The average molecular weight is 1130 g/mol. The summed E-state index contributed by atoms with van der Waals surface area (Å²) in [5.41, 5.74) is 11.9. The molecule has 434 valence electrons. The third-order valence-corrected chi connectivity index (χ3v) is 17.8. The molecule has 2 bridgehead atoms. The van der Waals surface area contributed by atoms with Crippen molar-refractivity contribution in [1.29, 1.82) is 5.41 Å². The van der Waals surface area contributed by atoms with Crippen molar-refractivity contribution in [3.05, 3.63) is 113 Å². The van der Waals surface area contributed by atoms with Crippen molar-refractivity contribution in [1.82, 2.24) is 55.3 Å². The van der Waals surface area contributed by atoms with E-state index in [1.54, 1.807) is 29.0 Å². The van der Waals surface area contributed by atoms with Crippen LogP contribution < -0.4 is 30.3 Å². The SMILES string of the molecule is CCn1nccc1-c1ccc(CNC(=O)C2CCCN2C(=O)C(C(C)C)n2cc(-c3ccc(COc4c(-c5c(C)ccc6[nH]ncc56)c(C5CC5)cc5c(N6CC7CC6CN7)nc(OC6CCOCC6)nc45)c(C=N)c3NC)c(C=O)n2)cc1. The number of hydrogen-bond donors (Lipinski definition) is 5. The zero-order valence-electron chi connectivity index (χ0n) is 48.3. The van der Waals surface area contributed by atoms with Crippen LogP contribution in [0.15, 0.2) is 79.3 Å². The Bertz CT molecular complexity index is 3820. The van der Waals surface area contributed by atoms with Crippen LogP contribution in [0.1, 0.15) is 116 Å². The van der Waals surface area contributed by atoms with Gasteiger partial charge in [-0.15, -0.1) is 0 Å². The molecule has 4 aliphatic heterocycles. The van der Waals surface area contributed by atoms with Crippen LogP contribution in [0.25, 0.3) is 55.3 Å². The summed E-state index contributed by atoms with van der Waals surface area (Å²) in [6.45, 7) is 12.5. The molecule has 5 N–H and O–H groups in total. The molecular weight excluding hydrogens is 1060 g/mol. The van der Waals surface area contributed by atoms with E-state index in [-0.39, 0.29) is 42.2 Å². The number of nitrogens with one attached hydrogen (secondary N) is 5. The first-order valence-corrected chi connectivity index (χ1v) is 29.8. The monoisotopic (exact) mass is 1130 g/mol. The van der Waals surface area contributed by atoms with Crippen molar-refractivity contribution in [2.45, 2.75) is 129 Å². The van der Waals surface area contributed by atoms with Crippen molar-refractivity contribution in [2.75, 3.05) is 50.1 Å². The number of nitrogens with zero attached hydrogens (tertiary/aromatic N) is 9. The summed E-state index contributed by atoms with van der Waals surface area (Å²) in [7, 11) is 1.79. The fraction of sp³-hybridized carbons (Fsp3) is 0.422. The molecule has 20 heteroatoms. The van der Waals surface area contributed by atoms with Gasteiger partial charge in [0.1, 0.15) is 41.8 Å². The van der Waals surface area contributed by atoms with E-state index in [1.165, 1.54) is 11.8 Å². The first-order chi connectivity index (χ1) is 41.0. The molecule has 4 atom stereocenters. The summed E-state index contributed by atoms with van der Waals surface area (Å²) < 4.78 is 23.3. The van der Waals surface area contributed by atoms with Gasteiger partial charge >= 0.3 is 6.01 Å². The van der Waals surface area contributed by atoms with E-state index in [4.69, 9.17) is 34.7 Å². The summed E-state index contributed by atoms with van der Waals surface area (Å²) in [5.74, 6) is 1.03. The van der Waals surface area contributed by atoms with Gasteiger partial charge in [-0.3, -0.25) is 28.8 Å². The minimum Gasteiger partial charge on any atom is -0.486 e. The number of carbonyl (C=O) groups is 3. The maximum absolute atomic E-state index is 14.8. The molecule has 4 aromatic carbocycles. The van der Waals surface area contributed by atoms with E-state index >= 15 is 0 Å². The topological polar surface area (TPSA) is 235 Å². The molecule has 20 nitrogen and oxygen atoms in total. The molecule has 2 amide bonds. The number of likely N-dealkylation sites (tertiary alicyclic amines) is 1. The van der Waals surface area contributed by atoms with E-state index in [0.717, 1.165) is 107 Å². The number of H-pyrrole nitrogens is 1. The molecule has 84 heavy (non-hydrogen) atoms. The zero-order valence-corrected chi connectivity index (χ0v) is 48.3. The van der Waals surface area contributed by atoms with Crippen molar-refractivity contribution < 1.29 is 28.6 Å². The summed E-state index contributed by atoms with van der Waals surface area (Å²) in [4.78, 5) is 56.6. The molecule has 1 aliphatic carbocycles. The number of carbonyl (C=O) groups excluding carboxylic acids is 3. The van der Waals surface area contributed by atoms with Gasteiger partial charge in [-0.1, -0.05) is 56.3 Å². The molecule has 1 saturated carbocycles. The fourth-order valence-corrected chi connectivity index (χ4v) is 13.4. The van der Waals surface area contributed by atoms with Crippen LogP contribution in [-0.2, 0) is 34.0 Å². The van der Waals surface area contributed by atoms with Crippen molar-refractivity contribution in [3.8, 4) is 45.3 Å². The highest BCUT2D eigenvalue weighted by Crippen LogP contribution is 2.53. The molecule has 4 unspecified atom stereocenters. The lowest BCUT2D eigenvalue weighted by atomic mass is 9.89. The predicted molar refractivity (Wildman–Crippen MR) is 322 cm³/mol. The highest BCUT2D eigenvalue weighted by atomic mass is 16.5. The van der Waals surface area contributed by atoms with Crippen LogP contribution >= 0.6 is 0 Å². The molecule has 4 aromatic heterocycles. The van der Waals surface area contributed by atoms with Crippen LogP contribution in [0, 0.1) is 18.3 Å². The Morgan fingerprint density at radius 1 is 0.976 bits per heavy atom. The predicted octanol–water partition coefficient (Wildman–Crippen LogP) is 9.15. The van der Waals surface area contributed by atoms with Gasteiger partial charge in [-0.05, 0) is 104 Å². The molecule has 0 radical (unpaired) electrons. The number of amides is 2. The number of hydrogen-bond acceptors (Lipinski definition) is 15. The number of aldehydes is 1. The third-order valence-electron chi connectivity index (χ3n) is 17.8. The standard InChI is InChI=1S/C64H72N14O6/c1-6-77-53(19-22-70-77)40-12-10-38(11-13-40)29-68-62(80)54-8-7-23-75(54)63(81)59(36(2)3)78-33-50(52(34-79)74-78)45-17-16-41(48(28-65)57(45)66-5)35-83-60-56(55-37(4)9-18-51-49(55)31-69-73-51)46(39-14-15-39)27-47-58(60)71-64(84-44-20-24-82-25-21-44)72-61(47)76-32-42-26-43(76)30-67-42/h9-13,16-19,22,27-28,31,33-34,36,39,42-44,54,59,65-67H,6-8,14-15,20-21,23-26,29-30,32,35H2,1-5H3,(H,68,80)(H,69,73). The van der Waals surface area contributed by atoms with Gasteiger partial charge in [0.2, 0.25) is 11.8 Å². The summed E-state index contributed by atoms with van der Waals surface area (Å²) in [6, 6.07) is 19.9. The summed E-state index contributed by atoms with van der Waals surface area (Å²) in [6.07, 6.45) is 13.1. The lowest BCUT2D eigenvalue weighted by Gasteiger charge is -2.31. The van der Waals surface area contributed by atoms with Gasteiger partial charge in [0.15, 0.2) is 12.0 Å². The highest BCUT2D eigenvalue weighted by molar-refractivity contribution is 6.06. The van der Waals surface area contributed by atoms with Gasteiger partial charge in [0.25, 0.3) is 0 Å². The molecule has 5 fully saturated rings. The van der Waals surface area contributed by atoms with E-state index < -0.39 is 12.1 Å². The molecular formula is C64H72N14O6. The van der Waals surface area contributed by atoms with Gasteiger partial charge in [0.05, 0.1) is 36.3 Å². The first-order valence-electron chi connectivity index (χ1n) is 29.8. The van der Waals surface area contributed by atoms with Gasteiger partial charge < -0.3 is 45.4 Å². The van der Waals surface area contributed by atoms with Gasteiger partial charge in [0, 0.05) is 122 Å². The van der Waals surface area contributed by atoms with Gasteiger partial charge in [-0.25, -0.2) is 0 Å². The first kappa shape index (κ1) is 54.7. The number of piperazine rings is 1. The molecule has 8 heterocycles. The third kappa shape index (κ3) is 10.1. The Kier molecular flexibility index (Phi) is 14.9. The van der Waals surface area contributed by atoms with Crippen LogP contribution in [0.3, 0.4) is 0 Å². The van der Waals surface area contributed by atoms with Crippen molar-refractivity contribution >= 4 is 57.6 Å². The van der Waals surface area contributed by atoms with E-state index in [2.05, 4.69) is 68.2 Å². The minimum atomic E-state index is -0.820. The van der Waals surface area contributed by atoms with Crippen molar-refractivity contribution in [2.24, 2.45) is 5.92 Å². The van der Waals surface area contributed by atoms with Crippen LogP contribution in [0.4, 0.5) is 11.5 Å². The quantitative estimate of drug-likeness (QED) is 0.0354. The number of rotatable bonds is 20. The molecule has 4 saturated heterocycles. The Morgan fingerprint density at radius 2 is 1.81 bits per heavy atom. The highest BCUT2D eigenvalue weighted by Gasteiger charge is 2.42. The second-order valence-corrected chi connectivity index (χ2v) is 23.4. The number of benzene rings is 4. The number of aromatic nitrogens is 8. The Morgan fingerprint density at radius 3 is 2.54 bits per heavy atom. The lowest BCUT2D eigenvalue weighted by Crippen LogP contribution is -2.48. The molecule has 0 spiro atoms. The number of fused-ring (bicyclic) bond motifs is 4. The second kappa shape index (κ2) is 22.9. The molecule has 5 aliphatic rings. The Balaban J connectivity index is 0.829. The molecule has 8 aromatic rings. The second-order valence-electron chi connectivity index (χ2n) is 23.4. The van der Waals surface area contributed by atoms with Crippen LogP contribution in [0.2, 0.25) is 0 Å². The number of ether oxygens (including phenoxy) is 3. The maximum Gasteiger partial charge on any atom is 0.319 e. The smallest absolute Gasteiger partial charge is 0.319 e. The van der Waals surface area contributed by atoms with E-state index in [9.17, 15) is 14.4 Å². The molecule has 13 rings (SSSR count). The Hall–Kier alpha value is -8.49. The minimum absolute atomic E-state index is 0.0525. The number of aryl methyl sites for hydroxylation is 2. The van der Waals surface area contributed by atoms with E-state index in [1.807, 2.05) is 67.2 Å². The Labute approximate surface area is 487 Å².